The smallest absolute Gasteiger partial charge is 0.332 e. The van der Waals surface area contributed by atoms with Crippen molar-refractivity contribution in [2.24, 2.45) is 7.05 Å². The molecule has 0 bridgehead atoms. The molecule has 0 fully saturated rings. The highest BCUT2D eigenvalue weighted by Crippen LogP contribution is 2.13. The van der Waals surface area contributed by atoms with E-state index >= 15 is 0 Å². The molecule has 0 amide bonds. The van der Waals surface area contributed by atoms with E-state index in [1.807, 2.05) is 6.26 Å². The number of thioether (sulfide) groups is 1. The van der Waals surface area contributed by atoms with Gasteiger partial charge in [-0.1, -0.05) is 11.8 Å². The van der Waals surface area contributed by atoms with Crippen LogP contribution in [-0.4, -0.2) is 36.6 Å². The van der Waals surface area contributed by atoms with Crippen LogP contribution >= 0.6 is 11.8 Å². The molecule has 2 N–H and O–H groups in total. The van der Waals surface area contributed by atoms with E-state index in [2.05, 4.69) is 9.97 Å². The van der Waals surface area contributed by atoms with Crippen molar-refractivity contribution in [3.63, 3.8) is 0 Å². The third kappa shape index (κ3) is 3.21. The number of hydrogen-bond donors (Lipinski definition) is 2. The van der Waals surface area contributed by atoms with Crippen molar-refractivity contribution in [3.05, 3.63) is 20.8 Å². The zero-order valence-corrected chi connectivity index (χ0v) is 13.2. The number of aromatic nitrogens is 4. The van der Waals surface area contributed by atoms with Gasteiger partial charge in [0.15, 0.2) is 16.3 Å². The van der Waals surface area contributed by atoms with E-state index in [1.165, 1.54) is 20.9 Å². The summed E-state index contributed by atoms with van der Waals surface area (Å²) in [7, 11) is 1.61. The van der Waals surface area contributed by atoms with Crippen LogP contribution < -0.4 is 11.2 Å². The molecule has 0 aliphatic rings. The summed E-state index contributed by atoms with van der Waals surface area (Å²) in [5.41, 5.74) is 0.0493. The molecule has 0 saturated heterocycles. The van der Waals surface area contributed by atoms with E-state index in [4.69, 9.17) is 0 Å². The minimum atomic E-state index is -0.358. The maximum absolute atomic E-state index is 12.4. The zero-order valence-electron chi connectivity index (χ0n) is 12.4. The van der Waals surface area contributed by atoms with Gasteiger partial charge < -0.3 is 10.1 Å². The van der Waals surface area contributed by atoms with E-state index in [1.54, 1.807) is 14.0 Å². The van der Waals surface area contributed by atoms with Crippen LogP contribution in [0.4, 0.5) is 0 Å². The second kappa shape index (κ2) is 6.48. The van der Waals surface area contributed by atoms with Gasteiger partial charge in [-0.15, -0.1) is 0 Å². The molecule has 7 nitrogen and oxygen atoms in total. The first-order valence-electron chi connectivity index (χ1n) is 6.87. The number of aliphatic hydroxyl groups excluding tert-OH is 1. The van der Waals surface area contributed by atoms with Gasteiger partial charge >= 0.3 is 5.69 Å². The van der Waals surface area contributed by atoms with Crippen LogP contribution in [-0.2, 0) is 13.6 Å². The van der Waals surface area contributed by atoms with Crippen LogP contribution in [0, 0.1) is 0 Å². The largest absolute Gasteiger partial charge is 0.393 e. The van der Waals surface area contributed by atoms with E-state index < -0.39 is 0 Å². The number of nitrogens with one attached hydrogen (secondary N) is 1. The van der Waals surface area contributed by atoms with Crippen molar-refractivity contribution in [2.45, 2.75) is 44.0 Å². The molecule has 116 valence electrons. The van der Waals surface area contributed by atoms with Gasteiger partial charge in [0.2, 0.25) is 0 Å². The Bertz CT molecular complexity index is 744. The Balaban J connectivity index is 2.35. The van der Waals surface area contributed by atoms with Gasteiger partial charge in [-0.25, -0.2) is 9.78 Å². The van der Waals surface area contributed by atoms with Crippen LogP contribution in [0.3, 0.4) is 0 Å². The van der Waals surface area contributed by atoms with Crippen molar-refractivity contribution in [1.29, 1.82) is 0 Å². The van der Waals surface area contributed by atoms with Crippen molar-refractivity contribution in [1.82, 2.24) is 19.1 Å². The molecule has 0 spiro atoms. The van der Waals surface area contributed by atoms with Crippen LogP contribution in [0.5, 0.6) is 0 Å². The predicted molar refractivity (Wildman–Crippen MR) is 82.9 cm³/mol. The van der Waals surface area contributed by atoms with E-state index in [0.29, 0.717) is 35.7 Å². The summed E-state index contributed by atoms with van der Waals surface area (Å²) in [6.07, 6.45) is 3.60. The Morgan fingerprint density at radius 1 is 1.38 bits per heavy atom. The molecule has 0 aromatic carbocycles. The number of unbranched alkanes of at least 4 members (excludes halogenated alkanes) is 1. The number of fused-ring (bicyclic) bond motifs is 1. The number of hydrogen-bond acceptors (Lipinski definition) is 5. The molecule has 2 heterocycles. The average Bonchev–Trinajstić information content (AvgIpc) is 2.88. The molecule has 8 heteroatoms. The number of aliphatic hydroxyl groups is 1. The van der Waals surface area contributed by atoms with Gasteiger partial charge in [0.1, 0.15) is 0 Å². The van der Waals surface area contributed by atoms with Gasteiger partial charge in [-0.05, 0) is 32.4 Å². The fraction of sp³-hybridized carbons (Fsp3) is 0.615. The molecule has 2 aromatic heterocycles. The SMILES string of the molecule is CSc1nc2c([nH]1)c(=O)n(CCCC[C@@H](C)O)c(=O)n2C. The Hall–Kier alpha value is -1.54. The summed E-state index contributed by atoms with van der Waals surface area (Å²) in [6, 6.07) is 0. The third-order valence-corrected chi connectivity index (χ3v) is 3.98. The number of imidazole rings is 1. The van der Waals surface area contributed by atoms with E-state index in [-0.39, 0.29) is 17.4 Å². The van der Waals surface area contributed by atoms with Crippen molar-refractivity contribution >= 4 is 22.9 Å². The summed E-state index contributed by atoms with van der Waals surface area (Å²) in [6.45, 7) is 2.08. The molecule has 0 unspecified atom stereocenters. The second-order valence-corrected chi connectivity index (χ2v) is 5.88. The van der Waals surface area contributed by atoms with Gasteiger partial charge in [0, 0.05) is 13.6 Å². The fourth-order valence-corrected chi connectivity index (χ4v) is 2.61. The van der Waals surface area contributed by atoms with E-state index in [9.17, 15) is 14.7 Å². The Morgan fingerprint density at radius 3 is 2.71 bits per heavy atom. The van der Waals surface area contributed by atoms with Gasteiger partial charge in [-0.3, -0.25) is 13.9 Å². The van der Waals surface area contributed by atoms with Crippen LogP contribution in [0.1, 0.15) is 26.2 Å². The highest BCUT2D eigenvalue weighted by Gasteiger charge is 2.14. The monoisotopic (exact) mass is 312 g/mol. The number of aromatic amines is 1. The minimum absolute atomic E-state index is 0.335. The third-order valence-electron chi connectivity index (χ3n) is 3.40. The molecule has 0 saturated carbocycles. The lowest BCUT2D eigenvalue weighted by molar-refractivity contribution is 0.180. The molecule has 2 rings (SSSR count). The molecule has 2 aromatic rings. The maximum atomic E-state index is 12.4. The summed E-state index contributed by atoms with van der Waals surface area (Å²) in [4.78, 5) is 31.8. The normalized spacial score (nSPS) is 13.0. The highest BCUT2D eigenvalue weighted by atomic mass is 32.2. The molecular weight excluding hydrogens is 292 g/mol. The summed E-state index contributed by atoms with van der Waals surface area (Å²) >= 11 is 1.39. The quantitative estimate of drug-likeness (QED) is 0.605. The van der Waals surface area contributed by atoms with Crippen LogP contribution in [0.25, 0.3) is 11.2 Å². The first kappa shape index (κ1) is 15.8. The number of aryl methyl sites for hydroxylation is 1. The van der Waals surface area contributed by atoms with E-state index in [0.717, 1.165) is 6.42 Å². The lowest BCUT2D eigenvalue weighted by atomic mass is 10.2. The second-order valence-electron chi connectivity index (χ2n) is 5.09. The summed E-state index contributed by atoms with van der Waals surface area (Å²) < 4.78 is 2.62. The Kier molecular flexibility index (Phi) is 4.89. The summed E-state index contributed by atoms with van der Waals surface area (Å²) in [5, 5.41) is 9.84. The number of H-pyrrole nitrogens is 1. The number of nitrogens with zero attached hydrogens (tertiary/aromatic N) is 3. The van der Waals surface area contributed by atoms with Crippen LogP contribution in [0.15, 0.2) is 14.7 Å². The first-order valence-corrected chi connectivity index (χ1v) is 8.09. The zero-order chi connectivity index (χ0) is 15.6. The average molecular weight is 312 g/mol. The standard InChI is InChI=1S/C13H20N4O3S/c1-8(18)6-4-5-7-17-11(19)9-10(16(2)13(17)20)15-12(14-9)21-3/h8,18H,4-7H2,1-3H3,(H,14,15)/t8-/m1/s1. The summed E-state index contributed by atoms with van der Waals surface area (Å²) in [5.74, 6) is 0. The minimum Gasteiger partial charge on any atom is -0.393 e. The van der Waals surface area contributed by atoms with Gasteiger partial charge in [-0.2, -0.15) is 0 Å². The van der Waals surface area contributed by atoms with Crippen molar-refractivity contribution in [3.8, 4) is 0 Å². The van der Waals surface area contributed by atoms with Gasteiger partial charge in [0.05, 0.1) is 6.10 Å². The Morgan fingerprint density at radius 2 is 2.10 bits per heavy atom. The molecule has 0 aliphatic carbocycles. The van der Waals surface area contributed by atoms with Gasteiger partial charge in [0.25, 0.3) is 5.56 Å². The topological polar surface area (TPSA) is 92.9 Å². The Labute approximate surface area is 126 Å². The lowest BCUT2D eigenvalue weighted by Gasteiger charge is -2.08. The molecule has 0 radical (unpaired) electrons. The highest BCUT2D eigenvalue weighted by molar-refractivity contribution is 7.98. The fourth-order valence-electron chi connectivity index (χ4n) is 2.23. The predicted octanol–water partition coefficient (Wildman–Crippen LogP) is 0.696. The first-order chi connectivity index (χ1) is 9.95. The molecule has 0 aliphatic heterocycles. The van der Waals surface area contributed by atoms with Crippen molar-refractivity contribution in [2.75, 3.05) is 6.26 Å². The molecule has 21 heavy (non-hydrogen) atoms. The molecular formula is C13H20N4O3S. The van der Waals surface area contributed by atoms with Crippen molar-refractivity contribution < 1.29 is 5.11 Å². The van der Waals surface area contributed by atoms with Crippen LogP contribution in [0.2, 0.25) is 0 Å². The lowest BCUT2D eigenvalue weighted by Crippen LogP contribution is -2.39. The molecule has 1 atom stereocenters. The maximum Gasteiger partial charge on any atom is 0.332 e. The number of rotatable bonds is 6.